The largest absolute Gasteiger partial charge is 0.471 e. The number of hydrogen-bond donors (Lipinski definition) is 1. The number of aryl methyl sites for hydroxylation is 1. The smallest absolute Gasteiger partial charge is 0.309 e. The first-order chi connectivity index (χ1) is 8.30. The summed E-state index contributed by atoms with van der Waals surface area (Å²) in [5.74, 6) is -1.59. The molecule has 0 aliphatic carbocycles. The van der Waals surface area contributed by atoms with Gasteiger partial charge in [-0.2, -0.15) is 13.2 Å². The molecule has 8 heteroatoms. The molecule has 0 aromatic carbocycles. The van der Waals surface area contributed by atoms with Crippen molar-refractivity contribution in [3.8, 4) is 0 Å². The number of imidazole rings is 1. The van der Waals surface area contributed by atoms with Gasteiger partial charge in [0.1, 0.15) is 5.82 Å². The van der Waals surface area contributed by atoms with Crippen molar-refractivity contribution in [1.29, 1.82) is 0 Å². The molecule has 0 saturated carbocycles. The Balaban J connectivity index is 2.48. The second-order valence-corrected chi connectivity index (χ2v) is 3.85. The van der Waals surface area contributed by atoms with Crippen molar-refractivity contribution in [1.82, 2.24) is 9.38 Å². The number of nitrogens with zero attached hydrogens (tertiary/aromatic N) is 2. The fourth-order valence-corrected chi connectivity index (χ4v) is 1.77. The maximum atomic E-state index is 12.2. The number of nitrogens with one attached hydrogen (secondary N) is 1. The Kier molecular flexibility index (Phi) is 2.80. The zero-order valence-corrected chi connectivity index (χ0v) is 9.67. The van der Waals surface area contributed by atoms with Crippen LogP contribution in [-0.4, -0.2) is 29.3 Å². The fraction of sp³-hybridized carbons (Fsp3) is 0.200. The Labute approximate surface area is 101 Å². The molecule has 2 heterocycles. The van der Waals surface area contributed by atoms with Gasteiger partial charge in [-0.15, -0.1) is 0 Å². The molecule has 0 fully saturated rings. The van der Waals surface area contributed by atoms with E-state index < -0.39 is 12.1 Å². The third-order valence-electron chi connectivity index (χ3n) is 2.51. The molecule has 4 nitrogen and oxygen atoms in total. The molecule has 0 unspecified atom stereocenters. The van der Waals surface area contributed by atoms with Gasteiger partial charge in [-0.25, -0.2) is 4.98 Å². The van der Waals surface area contributed by atoms with Gasteiger partial charge in [0.15, 0.2) is 13.7 Å². The van der Waals surface area contributed by atoms with Crippen LogP contribution in [-0.2, 0) is 4.79 Å². The van der Waals surface area contributed by atoms with E-state index in [1.165, 1.54) is 0 Å². The summed E-state index contributed by atoms with van der Waals surface area (Å²) in [5.41, 5.74) is 1.26. The normalized spacial score (nSPS) is 11.8. The highest BCUT2D eigenvalue weighted by Crippen LogP contribution is 2.21. The van der Waals surface area contributed by atoms with Gasteiger partial charge in [-0.1, -0.05) is 12.1 Å². The Morgan fingerprint density at radius 1 is 1.44 bits per heavy atom. The maximum Gasteiger partial charge on any atom is 0.471 e. The van der Waals surface area contributed by atoms with E-state index in [-0.39, 0.29) is 5.82 Å². The summed E-state index contributed by atoms with van der Waals surface area (Å²) < 4.78 is 38.2. The van der Waals surface area contributed by atoms with Crippen molar-refractivity contribution < 1.29 is 18.0 Å². The molecule has 0 bridgehead atoms. The van der Waals surface area contributed by atoms with Crippen LogP contribution in [0.2, 0.25) is 0 Å². The number of hydrogen-bond acceptors (Lipinski definition) is 2. The number of amides is 1. The SMILES string of the molecule is Bc1cccc2c(NC(=O)C(F)(F)F)nc(C)n12. The minimum Gasteiger partial charge on any atom is -0.309 e. The van der Waals surface area contributed by atoms with Crippen LogP contribution in [0.4, 0.5) is 19.0 Å². The molecule has 0 radical (unpaired) electrons. The highest BCUT2D eigenvalue weighted by Gasteiger charge is 2.39. The predicted molar refractivity (Wildman–Crippen MR) is 62.8 cm³/mol. The number of rotatable bonds is 1. The number of aromatic nitrogens is 2. The molecule has 18 heavy (non-hydrogen) atoms. The predicted octanol–water partition coefficient (Wildman–Crippen LogP) is 0.402. The summed E-state index contributed by atoms with van der Waals surface area (Å²) in [6.07, 6.45) is -4.92. The molecule has 0 atom stereocenters. The average molecular weight is 255 g/mol. The minimum absolute atomic E-state index is 0.0847. The number of alkyl halides is 3. The summed E-state index contributed by atoms with van der Waals surface area (Å²) in [7, 11) is 1.80. The van der Waals surface area contributed by atoms with E-state index in [0.717, 1.165) is 5.59 Å². The molecule has 2 aromatic heterocycles. The number of pyridine rings is 1. The molecule has 2 rings (SSSR count). The molecule has 0 saturated heterocycles. The topological polar surface area (TPSA) is 46.4 Å². The van der Waals surface area contributed by atoms with Gasteiger partial charge < -0.3 is 9.72 Å². The highest BCUT2D eigenvalue weighted by molar-refractivity contribution is 6.31. The van der Waals surface area contributed by atoms with Gasteiger partial charge in [-0.05, 0) is 18.6 Å². The number of carbonyl (C=O) groups excluding carboxylic acids is 1. The summed E-state index contributed by atoms with van der Waals surface area (Å²) in [6, 6.07) is 5.09. The van der Waals surface area contributed by atoms with Crippen LogP contribution in [0.5, 0.6) is 0 Å². The van der Waals surface area contributed by atoms with Gasteiger partial charge in [0.05, 0.1) is 5.52 Å². The average Bonchev–Trinajstić information content (AvgIpc) is 2.56. The van der Waals surface area contributed by atoms with E-state index in [4.69, 9.17) is 0 Å². The van der Waals surface area contributed by atoms with E-state index >= 15 is 0 Å². The monoisotopic (exact) mass is 255 g/mol. The zero-order chi connectivity index (χ0) is 13.5. The number of carbonyl (C=O) groups is 1. The molecule has 0 spiro atoms. The third-order valence-corrected chi connectivity index (χ3v) is 2.51. The van der Waals surface area contributed by atoms with Gasteiger partial charge in [0, 0.05) is 0 Å². The first-order valence-electron chi connectivity index (χ1n) is 5.13. The van der Waals surface area contributed by atoms with E-state index in [0.29, 0.717) is 11.3 Å². The summed E-state index contributed by atoms with van der Waals surface area (Å²) >= 11 is 0. The molecule has 1 amide bonds. The van der Waals surface area contributed by atoms with E-state index in [1.807, 2.05) is 0 Å². The van der Waals surface area contributed by atoms with Crippen molar-refractivity contribution in [2.45, 2.75) is 13.1 Å². The lowest BCUT2D eigenvalue weighted by molar-refractivity contribution is -0.167. The van der Waals surface area contributed by atoms with E-state index in [1.54, 1.807) is 42.7 Å². The standard InChI is InChI=1S/C10H9BF3N3O/c1-5-15-8(16-9(18)10(12,13)14)6-3-2-4-7(11)17(5)6/h2-4H,11H2,1H3,(H,16,18). The fourth-order valence-electron chi connectivity index (χ4n) is 1.77. The Morgan fingerprint density at radius 3 is 2.72 bits per heavy atom. The quantitative estimate of drug-likeness (QED) is 0.750. The molecule has 1 N–H and O–H groups in total. The van der Waals surface area contributed by atoms with Crippen molar-refractivity contribution in [2.24, 2.45) is 0 Å². The van der Waals surface area contributed by atoms with Crippen molar-refractivity contribution in [3.05, 3.63) is 24.0 Å². The van der Waals surface area contributed by atoms with Gasteiger partial charge in [-0.3, -0.25) is 4.79 Å². The molecule has 0 aliphatic rings. The van der Waals surface area contributed by atoms with Crippen LogP contribution in [0.15, 0.2) is 18.2 Å². The summed E-state index contributed by atoms with van der Waals surface area (Å²) in [4.78, 5) is 14.8. The van der Waals surface area contributed by atoms with Crippen LogP contribution in [0.25, 0.3) is 5.52 Å². The first-order valence-corrected chi connectivity index (χ1v) is 5.13. The number of halogens is 3. The Morgan fingerprint density at radius 2 is 2.11 bits per heavy atom. The maximum absolute atomic E-state index is 12.2. The number of fused-ring (bicyclic) bond motifs is 1. The van der Waals surface area contributed by atoms with Gasteiger partial charge >= 0.3 is 12.1 Å². The highest BCUT2D eigenvalue weighted by atomic mass is 19.4. The second-order valence-electron chi connectivity index (χ2n) is 3.85. The van der Waals surface area contributed by atoms with E-state index in [9.17, 15) is 18.0 Å². The molecular weight excluding hydrogens is 246 g/mol. The van der Waals surface area contributed by atoms with E-state index in [2.05, 4.69) is 4.98 Å². The zero-order valence-electron chi connectivity index (χ0n) is 9.67. The lowest BCUT2D eigenvalue weighted by Crippen LogP contribution is -2.30. The van der Waals surface area contributed by atoms with Crippen LogP contribution < -0.4 is 10.9 Å². The van der Waals surface area contributed by atoms with Crippen LogP contribution in [0, 0.1) is 6.92 Å². The second kappa shape index (κ2) is 4.04. The number of anilines is 1. The minimum atomic E-state index is -4.92. The molecule has 94 valence electrons. The molecular formula is C10H9BF3N3O. The Bertz CT molecular complexity index is 621. The van der Waals surface area contributed by atoms with Crippen LogP contribution in [0.3, 0.4) is 0 Å². The van der Waals surface area contributed by atoms with Gasteiger partial charge in [0.25, 0.3) is 0 Å². The van der Waals surface area contributed by atoms with Crippen LogP contribution in [0.1, 0.15) is 5.82 Å². The summed E-state index contributed by atoms with van der Waals surface area (Å²) in [6.45, 7) is 1.66. The van der Waals surface area contributed by atoms with Crippen molar-refractivity contribution in [2.75, 3.05) is 5.32 Å². The first kappa shape index (κ1) is 12.5. The Hall–Kier alpha value is -1.99. The third kappa shape index (κ3) is 2.05. The van der Waals surface area contributed by atoms with Crippen LogP contribution >= 0.6 is 0 Å². The summed E-state index contributed by atoms with van der Waals surface area (Å²) in [5, 5.41) is 1.78. The lowest BCUT2D eigenvalue weighted by atomic mass is 10.0. The van der Waals surface area contributed by atoms with Gasteiger partial charge in [0.2, 0.25) is 0 Å². The lowest BCUT2D eigenvalue weighted by Gasteiger charge is -2.06. The van der Waals surface area contributed by atoms with Crippen molar-refractivity contribution >= 4 is 30.7 Å². The van der Waals surface area contributed by atoms with Crippen molar-refractivity contribution in [3.63, 3.8) is 0 Å². The molecule has 2 aromatic rings. The molecule has 0 aliphatic heterocycles.